The molecule has 3 aromatic rings. The lowest BCUT2D eigenvalue weighted by Crippen LogP contribution is -2.43. The molecule has 1 fully saturated rings. The van der Waals surface area contributed by atoms with Gasteiger partial charge in [0.25, 0.3) is 5.91 Å². The average Bonchev–Trinajstić information content (AvgIpc) is 3.29. The van der Waals surface area contributed by atoms with Crippen LogP contribution >= 0.6 is 11.3 Å². The summed E-state index contributed by atoms with van der Waals surface area (Å²) in [6, 6.07) is 6.03. The molecule has 1 aromatic carbocycles. The minimum atomic E-state index is -0.0546. The van der Waals surface area contributed by atoms with Gasteiger partial charge >= 0.3 is 0 Å². The maximum atomic E-state index is 13.5. The molecule has 1 saturated heterocycles. The third kappa shape index (κ3) is 4.08. The molecule has 4 rings (SSSR count). The van der Waals surface area contributed by atoms with E-state index in [1.165, 1.54) is 11.1 Å². The van der Waals surface area contributed by atoms with Crippen LogP contribution in [0.1, 0.15) is 33.0 Å². The quantitative estimate of drug-likeness (QED) is 0.630. The molecular weight excluding hydrogens is 386 g/mol. The van der Waals surface area contributed by atoms with E-state index < -0.39 is 0 Å². The monoisotopic (exact) mass is 413 g/mol. The molecule has 6 nitrogen and oxygen atoms in total. The normalized spacial score (nSPS) is 15.2. The number of hydrogen-bond acceptors (Lipinski definition) is 6. The summed E-state index contributed by atoms with van der Waals surface area (Å²) in [5, 5.41) is 0.741. The first-order valence-electron chi connectivity index (χ1n) is 10.00. The van der Waals surface area contributed by atoms with E-state index in [1.807, 2.05) is 24.8 Å². The van der Waals surface area contributed by atoms with Crippen molar-refractivity contribution in [3.63, 3.8) is 0 Å². The third-order valence-electron chi connectivity index (χ3n) is 5.56. The Morgan fingerprint density at radius 3 is 2.66 bits per heavy atom. The summed E-state index contributed by atoms with van der Waals surface area (Å²) in [7, 11) is 0. The number of rotatable bonds is 5. The minimum absolute atomic E-state index is 0.0546. The number of thiazole rings is 1. The number of carbonyl (C=O) groups excluding carboxylic acids is 1. The van der Waals surface area contributed by atoms with E-state index >= 15 is 0 Å². The molecular formula is C22H27N3O3S. The van der Waals surface area contributed by atoms with E-state index in [0.717, 1.165) is 54.0 Å². The number of anilines is 1. The molecule has 0 N–H and O–H groups in total. The fraction of sp³-hybridized carbons (Fsp3) is 0.455. The van der Waals surface area contributed by atoms with Crippen LogP contribution in [0.2, 0.25) is 0 Å². The first-order valence-corrected chi connectivity index (χ1v) is 10.8. The van der Waals surface area contributed by atoms with Gasteiger partial charge in [0.1, 0.15) is 11.5 Å². The Balaban J connectivity index is 1.68. The molecule has 0 spiro atoms. The van der Waals surface area contributed by atoms with Gasteiger partial charge < -0.3 is 9.15 Å². The maximum absolute atomic E-state index is 13.5. The van der Waals surface area contributed by atoms with Gasteiger partial charge in [0, 0.05) is 26.2 Å². The van der Waals surface area contributed by atoms with Crippen LogP contribution in [0.5, 0.6) is 0 Å². The number of morpholine rings is 1. The van der Waals surface area contributed by atoms with Crippen molar-refractivity contribution in [2.75, 3.05) is 44.3 Å². The van der Waals surface area contributed by atoms with Crippen molar-refractivity contribution in [2.24, 2.45) is 0 Å². The molecule has 0 aliphatic carbocycles. The number of nitrogens with zero attached hydrogens (tertiary/aromatic N) is 3. The van der Waals surface area contributed by atoms with Crippen LogP contribution in [0.15, 0.2) is 22.6 Å². The number of furan rings is 1. The first-order chi connectivity index (χ1) is 13.9. The Morgan fingerprint density at radius 2 is 1.97 bits per heavy atom. The van der Waals surface area contributed by atoms with E-state index in [2.05, 4.69) is 30.9 Å². The van der Waals surface area contributed by atoms with Gasteiger partial charge in [-0.2, -0.15) is 0 Å². The highest BCUT2D eigenvalue weighted by Gasteiger charge is 2.26. The fourth-order valence-corrected chi connectivity index (χ4v) is 4.72. The van der Waals surface area contributed by atoms with Crippen molar-refractivity contribution < 1.29 is 13.9 Å². The molecule has 7 heteroatoms. The van der Waals surface area contributed by atoms with Crippen LogP contribution in [0.25, 0.3) is 10.2 Å². The van der Waals surface area contributed by atoms with E-state index in [0.29, 0.717) is 17.9 Å². The van der Waals surface area contributed by atoms with Crippen molar-refractivity contribution in [2.45, 2.75) is 27.7 Å². The number of carbonyl (C=O) groups is 1. The van der Waals surface area contributed by atoms with Gasteiger partial charge in [-0.15, -0.1) is 0 Å². The minimum Gasteiger partial charge on any atom is -0.466 e. The third-order valence-corrected chi connectivity index (χ3v) is 6.61. The standard InChI is InChI=1S/C22H27N3O3S/c1-14-5-6-19-20(16(14)3)23-22(29-19)25(8-7-24-9-11-27-12-10-24)21(26)18-13-15(2)28-17(18)4/h5-6,13H,7-12H2,1-4H3. The Labute approximate surface area is 175 Å². The van der Waals surface area contributed by atoms with Crippen LogP contribution in [-0.4, -0.2) is 55.2 Å². The molecule has 0 unspecified atom stereocenters. The summed E-state index contributed by atoms with van der Waals surface area (Å²) in [6.07, 6.45) is 0. The molecule has 1 aliphatic rings. The molecule has 2 aromatic heterocycles. The highest BCUT2D eigenvalue weighted by atomic mass is 32.1. The predicted octanol–water partition coefficient (Wildman–Crippen LogP) is 4.10. The van der Waals surface area contributed by atoms with Crippen LogP contribution in [0, 0.1) is 27.7 Å². The lowest BCUT2D eigenvalue weighted by atomic mass is 10.1. The zero-order valence-corrected chi connectivity index (χ0v) is 18.3. The zero-order valence-electron chi connectivity index (χ0n) is 17.4. The van der Waals surface area contributed by atoms with E-state index in [-0.39, 0.29) is 5.91 Å². The largest absolute Gasteiger partial charge is 0.466 e. The lowest BCUT2D eigenvalue weighted by Gasteiger charge is -2.29. The Hall–Kier alpha value is -2.22. The summed E-state index contributed by atoms with van der Waals surface area (Å²) >= 11 is 1.57. The topological polar surface area (TPSA) is 58.8 Å². The van der Waals surface area contributed by atoms with Crippen LogP contribution in [0.4, 0.5) is 5.13 Å². The van der Waals surface area contributed by atoms with Crippen LogP contribution in [-0.2, 0) is 4.74 Å². The van der Waals surface area contributed by atoms with Gasteiger partial charge in [-0.3, -0.25) is 14.6 Å². The SMILES string of the molecule is Cc1cc(C(=O)N(CCN2CCOCC2)c2nc3c(C)c(C)ccc3s2)c(C)o1. The Morgan fingerprint density at radius 1 is 1.21 bits per heavy atom. The second kappa shape index (κ2) is 8.26. The molecule has 1 amide bonds. The number of aromatic nitrogens is 1. The fourth-order valence-electron chi connectivity index (χ4n) is 3.67. The highest BCUT2D eigenvalue weighted by Crippen LogP contribution is 2.33. The van der Waals surface area contributed by atoms with E-state index in [9.17, 15) is 4.79 Å². The van der Waals surface area contributed by atoms with Crippen LogP contribution in [0.3, 0.4) is 0 Å². The second-order valence-electron chi connectivity index (χ2n) is 7.59. The van der Waals surface area contributed by atoms with Gasteiger partial charge in [-0.1, -0.05) is 17.4 Å². The van der Waals surface area contributed by atoms with E-state index in [4.69, 9.17) is 14.1 Å². The number of fused-ring (bicyclic) bond motifs is 1. The van der Waals surface area contributed by atoms with E-state index in [1.54, 1.807) is 11.3 Å². The van der Waals surface area contributed by atoms with Gasteiger partial charge in [-0.05, 0) is 51.0 Å². The summed E-state index contributed by atoms with van der Waals surface area (Å²) in [5.41, 5.74) is 3.97. The molecule has 0 bridgehead atoms. The molecule has 154 valence electrons. The Kier molecular flexibility index (Phi) is 5.72. The van der Waals surface area contributed by atoms with Crippen LogP contribution < -0.4 is 4.90 Å². The first kappa shape index (κ1) is 20.1. The maximum Gasteiger partial charge on any atom is 0.263 e. The van der Waals surface area contributed by atoms with Gasteiger partial charge in [0.15, 0.2) is 5.13 Å². The second-order valence-corrected chi connectivity index (χ2v) is 8.60. The smallest absolute Gasteiger partial charge is 0.263 e. The Bertz CT molecular complexity index is 1030. The number of hydrogen-bond donors (Lipinski definition) is 0. The lowest BCUT2D eigenvalue weighted by molar-refractivity contribution is 0.0391. The zero-order chi connectivity index (χ0) is 20.5. The van der Waals surface area contributed by atoms with Crippen molar-refractivity contribution in [1.82, 2.24) is 9.88 Å². The summed E-state index contributed by atoms with van der Waals surface area (Å²) < 4.78 is 12.2. The number of aryl methyl sites for hydroxylation is 4. The summed E-state index contributed by atoms with van der Waals surface area (Å²) in [6.45, 7) is 12.5. The summed E-state index contributed by atoms with van der Waals surface area (Å²) in [4.78, 5) is 22.5. The van der Waals surface area contributed by atoms with Crippen molar-refractivity contribution in [3.8, 4) is 0 Å². The molecule has 1 aliphatic heterocycles. The van der Waals surface area contributed by atoms with Gasteiger partial charge in [0.05, 0.1) is 29.0 Å². The summed E-state index contributed by atoms with van der Waals surface area (Å²) in [5.74, 6) is 1.34. The van der Waals surface area contributed by atoms with Gasteiger partial charge in [-0.25, -0.2) is 4.98 Å². The predicted molar refractivity (Wildman–Crippen MR) is 116 cm³/mol. The molecule has 3 heterocycles. The van der Waals surface area contributed by atoms with Crippen molar-refractivity contribution >= 4 is 32.6 Å². The highest BCUT2D eigenvalue weighted by molar-refractivity contribution is 7.22. The van der Waals surface area contributed by atoms with Gasteiger partial charge in [0.2, 0.25) is 0 Å². The number of benzene rings is 1. The number of amides is 1. The molecule has 0 atom stereocenters. The average molecular weight is 414 g/mol. The van der Waals surface area contributed by atoms with Crippen molar-refractivity contribution in [1.29, 1.82) is 0 Å². The molecule has 29 heavy (non-hydrogen) atoms. The number of ether oxygens (including phenoxy) is 1. The molecule has 0 radical (unpaired) electrons. The van der Waals surface area contributed by atoms with Crippen molar-refractivity contribution in [3.05, 3.63) is 46.4 Å². The molecule has 0 saturated carbocycles.